The summed E-state index contributed by atoms with van der Waals surface area (Å²) < 4.78 is 3.03. The van der Waals surface area contributed by atoms with Gasteiger partial charge in [0.15, 0.2) is 5.65 Å². The molecule has 2 aromatic heterocycles. The zero-order chi connectivity index (χ0) is 18.1. The number of amides is 1. The lowest BCUT2D eigenvalue weighted by molar-refractivity contribution is -0.121. The van der Waals surface area contributed by atoms with Gasteiger partial charge in [-0.1, -0.05) is 30.3 Å². The second-order valence-corrected chi connectivity index (χ2v) is 6.92. The molecule has 1 aliphatic rings. The molecule has 3 aromatic rings. The van der Waals surface area contributed by atoms with Crippen molar-refractivity contribution in [2.75, 3.05) is 6.54 Å². The van der Waals surface area contributed by atoms with E-state index in [9.17, 15) is 9.59 Å². The number of fused-ring (bicyclic) bond motifs is 1. The van der Waals surface area contributed by atoms with Gasteiger partial charge in [0.2, 0.25) is 5.91 Å². The van der Waals surface area contributed by atoms with Gasteiger partial charge >= 0.3 is 0 Å². The summed E-state index contributed by atoms with van der Waals surface area (Å²) in [6.45, 7) is 0.950. The van der Waals surface area contributed by atoms with Crippen LogP contribution in [0.2, 0.25) is 0 Å². The van der Waals surface area contributed by atoms with Crippen LogP contribution in [0.4, 0.5) is 0 Å². The Bertz CT molecular complexity index is 1000. The maximum atomic E-state index is 12.4. The highest BCUT2D eigenvalue weighted by molar-refractivity contribution is 5.76. The molecule has 26 heavy (non-hydrogen) atoms. The summed E-state index contributed by atoms with van der Waals surface area (Å²) in [4.78, 5) is 28.9. The summed E-state index contributed by atoms with van der Waals surface area (Å²) in [5, 5.41) is 7.54. The van der Waals surface area contributed by atoms with Crippen molar-refractivity contribution in [3.8, 4) is 0 Å². The number of hydrogen-bond donors (Lipinski definition) is 1. The van der Waals surface area contributed by atoms with Crippen LogP contribution >= 0.6 is 0 Å². The molecule has 7 heteroatoms. The summed E-state index contributed by atoms with van der Waals surface area (Å²) >= 11 is 0. The summed E-state index contributed by atoms with van der Waals surface area (Å²) in [6.07, 6.45) is 5.43. The molecule has 7 nitrogen and oxygen atoms in total. The van der Waals surface area contributed by atoms with Crippen molar-refractivity contribution in [2.24, 2.45) is 7.05 Å². The first-order chi connectivity index (χ1) is 12.6. The van der Waals surface area contributed by atoms with E-state index in [1.54, 1.807) is 11.7 Å². The highest BCUT2D eigenvalue weighted by Gasteiger charge is 2.44. The lowest BCUT2D eigenvalue weighted by Gasteiger charge is -2.16. The van der Waals surface area contributed by atoms with Crippen molar-refractivity contribution in [3.63, 3.8) is 0 Å². The molecule has 4 rings (SSSR count). The van der Waals surface area contributed by atoms with Crippen molar-refractivity contribution >= 4 is 16.9 Å². The summed E-state index contributed by atoms with van der Waals surface area (Å²) in [7, 11) is 1.74. The summed E-state index contributed by atoms with van der Waals surface area (Å²) in [6, 6.07) is 10.3. The van der Waals surface area contributed by atoms with E-state index in [1.807, 2.05) is 18.2 Å². The van der Waals surface area contributed by atoms with Gasteiger partial charge in [-0.15, -0.1) is 0 Å². The first-order valence-electron chi connectivity index (χ1n) is 8.78. The quantitative estimate of drug-likeness (QED) is 0.727. The molecule has 1 N–H and O–H groups in total. The lowest BCUT2D eigenvalue weighted by Crippen LogP contribution is -2.33. The van der Waals surface area contributed by atoms with E-state index < -0.39 is 0 Å². The maximum absolute atomic E-state index is 12.4. The molecule has 0 bridgehead atoms. The molecule has 134 valence electrons. The van der Waals surface area contributed by atoms with Crippen LogP contribution in [0.25, 0.3) is 11.0 Å². The molecule has 1 saturated carbocycles. The van der Waals surface area contributed by atoms with Crippen molar-refractivity contribution in [1.82, 2.24) is 24.6 Å². The Morgan fingerprint density at radius 3 is 2.77 bits per heavy atom. The van der Waals surface area contributed by atoms with E-state index in [4.69, 9.17) is 0 Å². The van der Waals surface area contributed by atoms with Gasteiger partial charge in [-0.05, 0) is 18.4 Å². The van der Waals surface area contributed by atoms with Crippen LogP contribution in [0.1, 0.15) is 24.8 Å². The largest absolute Gasteiger partial charge is 0.355 e. The van der Waals surface area contributed by atoms with E-state index in [0.29, 0.717) is 24.1 Å². The van der Waals surface area contributed by atoms with E-state index in [2.05, 4.69) is 27.5 Å². The smallest absolute Gasteiger partial charge is 0.264 e. The van der Waals surface area contributed by atoms with E-state index in [0.717, 1.165) is 12.8 Å². The van der Waals surface area contributed by atoms with Crippen LogP contribution in [-0.2, 0) is 23.8 Å². The van der Waals surface area contributed by atoms with E-state index in [1.165, 1.54) is 22.7 Å². The minimum absolute atomic E-state index is 0.0506. The van der Waals surface area contributed by atoms with Gasteiger partial charge < -0.3 is 5.32 Å². The highest BCUT2D eigenvalue weighted by atomic mass is 16.2. The van der Waals surface area contributed by atoms with Crippen LogP contribution in [0.3, 0.4) is 0 Å². The Labute approximate surface area is 150 Å². The summed E-state index contributed by atoms with van der Waals surface area (Å²) in [5.41, 5.74) is 1.75. The van der Waals surface area contributed by atoms with Gasteiger partial charge in [0.1, 0.15) is 5.39 Å². The average molecular weight is 351 g/mol. The Morgan fingerprint density at radius 1 is 1.27 bits per heavy atom. The van der Waals surface area contributed by atoms with Crippen molar-refractivity contribution in [2.45, 2.75) is 31.2 Å². The van der Waals surface area contributed by atoms with Crippen LogP contribution in [0, 0.1) is 0 Å². The maximum Gasteiger partial charge on any atom is 0.264 e. The molecule has 2 heterocycles. The second kappa shape index (κ2) is 6.40. The molecule has 0 saturated heterocycles. The molecule has 1 aromatic carbocycles. The third-order valence-corrected chi connectivity index (χ3v) is 5.16. The Balaban J connectivity index is 1.36. The minimum Gasteiger partial charge on any atom is -0.355 e. The molecule has 1 fully saturated rings. The van der Waals surface area contributed by atoms with E-state index >= 15 is 0 Å². The second-order valence-electron chi connectivity index (χ2n) is 6.92. The minimum atomic E-state index is -0.168. The number of benzene rings is 1. The van der Waals surface area contributed by atoms with Gasteiger partial charge in [-0.25, -0.2) is 4.98 Å². The van der Waals surface area contributed by atoms with Gasteiger partial charge in [0, 0.05) is 32.0 Å². The molecule has 0 unspecified atom stereocenters. The number of nitrogens with zero attached hydrogens (tertiary/aromatic N) is 4. The number of aromatic nitrogens is 4. The first kappa shape index (κ1) is 16.5. The lowest BCUT2D eigenvalue weighted by atomic mass is 9.96. The number of nitrogens with one attached hydrogen (secondary N) is 1. The van der Waals surface area contributed by atoms with Gasteiger partial charge in [-0.3, -0.25) is 18.8 Å². The Morgan fingerprint density at radius 2 is 2.04 bits per heavy atom. The van der Waals surface area contributed by atoms with Gasteiger partial charge in [-0.2, -0.15) is 5.10 Å². The molecule has 1 amide bonds. The Kier molecular flexibility index (Phi) is 4.06. The molecule has 0 atom stereocenters. The molecule has 0 aliphatic heterocycles. The first-order valence-corrected chi connectivity index (χ1v) is 8.78. The number of hydrogen-bond acceptors (Lipinski definition) is 4. The predicted octanol–water partition coefficient (Wildman–Crippen LogP) is 1.37. The SMILES string of the molecule is Cn1ncc2c(=O)n(CCC(=O)NCC3(c4ccccc4)CC3)cnc21. The molecular formula is C19H21N5O2. The molecular weight excluding hydrogens is 330 g/mol. The van der Waals surface area contributed by atoms with Crippen LogP contribution in [0.15, 0.2) is 47.7 Å². The van der Waals surface area contributed by atoms with Crippen LogP contribution < -0.4 is 10.9 Å². The van der Waals surface area contributed by atoms with Crippen molar-refractivity contribution < 1.29 is 4.79 Å². The zero-order valence-electron chi connectivity index (χ0n) is 14.7. The van der Waals surface area contributed by atoms with Crippen molar-refractivity contribution in [3.05, 3.63) is 58.8 Å². The number of aryl methyl sites for hydroxylation is 2. The normalized spacial score (nSPS) is 15.1. The fourth-order valence-electron chi connectivity index (χ4n) is 3.31. The average Bonchev–Trinajstić information content (AvgIpc) is 3.37. The predicted molar refractivity (Wildman–Crippen MR) is 97.7 cm³/mol. The number of carbonyl (C=O) groups is 1. The topological polar surface area (TPSA) is 81.8 Å². The molecule has 0 spiro atoms. The Hall–Kier alpha value is -2.96. The van der Waals surface area contributed by atoms with Crippen molar-refractivity contribution in [1.29, 1.82) is 0 Å². The van der Waals surface area contributed by atoms with Crippen LogP contribution in [-0.4, -0.2) is 31.8 Å². The zero-order valence-corrected chi connectivity index (χ0v) is 14.7. The fourth-order valence-corrected chi connectivity index (χ4v) is 3.31. The standard InChI is InChI=1S/C19H21N5O2/c1-23-17-15(11-22-23)18(26)24(13-21-17)10-7-16(25)20-12-19(8-9-19)14-5-3-2-4-6-14/h2-6,11,13H,7-10,12H2,1H3,(H,20,25). The van der Waals surface area contributed by atoms with Gasteiger partial charge in [0.05, 0.1) is 12.5 Å². The third-order valence-electron chi connectivity index (χ3n) is 5.16. The fraction of sp³-hybridized carbons (Fsp3) is 0.368. The highest BCUT2D eigenvalue weighted by Crippen LogP contribution is 2.47. The van der Waals surface area contributed by atoms with Crippen LogP contribution in [0.5, 0.6) is 0 Å². The number of rotatable bonds is 6. The molecule has 0 radical (unpaired) electrons. The monoisotopic (exact) mass is 351 g/mol. The van der Waals surface area contributed by atoms with Gasteiger partial charge in [0.25, 0.3) is 5.56 Å². The molecule has 1 aliphatic carbocycles. The van der Waals surface area contributed by atoms with E-state index in [-0.39, 0.29) is 23.3 Å². The number of carbonyl (C=O) groups excluding carboxylic acids is 1. The summed E-state index contributed by atoms with van der Waals surface area (Å²) in [5.74, 6) is -0.0506. The third kappa shape index (κ3) is 3.00.